The van der Waals surface area contributed by atoms with Gasteiger partial charge in [-0.2, -0.15) is 18.2 Å². The first-order valence-corrected chi connectivity index (χ1v) is 13.4. The Kier molecular flexibility index (Phi) is 9.03. The van der Waals surface area contributed by atoms with Crippen molar-refractivity contribution in [3.63, 3.8) is 0 Å². The molecule has 9 nitrogen and oxygen atoms in total. The summed E-state index contributed by atoms with van der Waals surface area (Å²) in [4.78, 5) is 33.7. The van der Waals surface area contributed by atoms with Crippen LogP contribution in [-0.2, 0) is 15.7 Å². The van der Waals surface area contributed by atoms with Crippen molar-refractivity contribution in [3.05, 3.63) is 78.5 Å². The highest BCUT2D eigenvalue weighted by Crippen LogP contribution is 2.36. The molecule has 2 heterocycles. The summed E-state index contributed by atoms with van der Waals surface area (Å²) < 4.78 is 46.8. The number of carbonyl (C=O) groups excluding carboxylic acids is 2. The number of alkyl halides is 3. The van der Waals surface area contributed by atoms with Crippen LogP contribution in [0.2, 0.25) is 0 Å². The standard InChI is InChI=1S/C30H33F3N6O3/c1-5-25(40)35-22-10-7-11-23(17-22)36-26-24(30(31,32)33)18-34-27(38-26)37-21-9-6-8-20(16-21)19-12-14-39(15-13-19)28(41)42-29(2,3)4/h5-11,16-19H,1,12-15H2,2-4H3,(H,35,40)(H2,34,36,37,38). The molecule has 0 aliphatic carbocycles. The molecule has 3 aromatic rings. The molecule has 3 N–H and O–H groups in total. The normalized spacial score (nSPS) is 14.2. The number of nitrogens with zero attached hydrogens (tertiary/aromatic N) is 3. The first-order valence-electron chi connectivity index (χ1n) is 13.4. The number of benzene rings is 2. The summed E-state index contributed by atoms with van der Waals surface area (Å²) in [5.74, 6) is -0.728. The van der Waals surface area contributed by atoms with Crippen LogP contribution in [0.4, 0.5) is 46.8 Å². The van der Waals surface area contributed by atoms with E-state index in [1.165, 1.54) is 6.07 Å². The molecule has 1 saturated heterocycles. The Hall–Kier alpha value is -4.61. The molecular weight excluding hydrogens is 549 g/mol. The number of rotatable bonds is 7. The second-order valence-electron chi connectivity index (χ2n) is 10.8. The molecule has 1 aliphatic heterocycles. The smallest absolute Gasteiger partial charge is 0.421 e. The molecule has 0 radical (unpaired) electrons. The predicted octanol–water partition coefficient (Wildman–Crippen LogP) is 7.22. The Balaban J connectivity index is 1.49. The minimum absolute atomic E-state index is 0.0292. The van der Waals surface area contributed by atoms with E-state index in [-0.39, 0.29) is 23.6 Å². The van der Waals surface area contributed by atoms with Crippen molar-refractivity contribution >= 4 is 40.8 Å². The van der Waals surface area contributed by atoms with Crippen LogP contribution in [0.5, 0.6) is 0 Å². The lowest BCUT2D eigenvalue weighted by Crippen LogP contribution is -2.41. The average molecular weight is 583 g/mol. The van der Waals surface area contributed by atoms with Crippen LogP contribution in [0.15, 0.2) is 67.4 Å². The molecule has 0 spiro atoms. The molecular formula is C30H33F3N6O3. The molecule has 0 saturated carbocycles. The van der Waals surface area contributed by atoms with Crippen molar-refractivity contribution in [1.29, 1.82) is 0 Å². The zero-order valence-electron chi connectivity index (χ0n) is 23.6. The van der Waals surface area contributed by atoms with Gasteiger partial charge < -0.3 is 25.6 Å². The van der Waals surface area contributed by atoms with Crippen molar-refractivity contribution in [2.24, 2.45) is 0 Å². The fourth-order valence-corrected chi connectivity index (χ4v) is 4.47. The molecule has 2 aromatic carbocycles. The van der Waals surface area contributed by atoms with E-state index in [0.29, 0.717) is 24.5 Å². The lowest BCUT2D eigenvalue weighted by Gasteiger charge is -2.33. The molecule has 0 bridgehead atoms. The second kappa shape index (κ2) is 12.5. The van der Waals surface area contributed by atoms with E-state index >= 15 is 0 Å². The van der Waals surface area contributed by atoms with Crippen LogP contribution < -0.4 is 16.0 Å². The van der Waals surface area contributed by atoms with Crippen LogP contribution in [0.25, 0.3) is 0 Å². The Morgan fingerprint density at radius 3 is 2.29 bits per heavy atom. The van der Waals surface area contributed by atoms with Gasteiger partial charge in [0.2, 0.25) is 11.9 Å². The van der Waals surface area contributed by atoms with Crippen molar-refractivity contribution in [1.82, 2.24) is 14.9 Å². The molecule has 2 amide bonds. The third kappa shape index (κ3) is 8.21. The van der Waals surface area contributed by atoms with E-state index in [0.717, 1.165) is 30.7 Å². The highest BCUT2D eigenvalue weighted by Gasteiger charge is 2.35. The van der Waals surface area contributed by atoms with E-state index in [9.17, 15) is 22.8 Å². The van der Waals surface area contributed by atoms with Gasteiger partial charge in [0.15, 0.2) is 0 Å². The van der Waals surface area contributed by atoms with Gasteiger partial charge in [-0.25, -0.2) is 9.78 Å². The quantitative estimate of drug-likeness (QED) is 0.252. The summed E-state index contributed by atoms with van der Waals surface area (Å²) in [6.07, 6.45) is -1.72. The molecule has 4 rings (SSSR count). The number of amides is 2. The van der Waals surface area contributed by atoms with Crippen LogP contribution >= 0.6 is 0 Å². The number of piperidine rings is 1. The monoisotopic (exact) mass is 582 g/mol. The molecule has 0 unspecified atom stereocenters. The van der Waals surface area contributed by atoms with Gasteiger partial charge in [0.1, 0.15) is 17.0 Å². The minimum Gasteiger partial charge on any atom is -0.444 e. The third-order valence-electron chi connectivity index (χ3n) is 6.43. The number of carbonyl (C=O) groups is 2. The maximum absolute atomic E-state index is 13.8. The number of ether oxygens (including phenoxy) is 1. The summed E-state index contributed by atoms with van der Waals surface area (Å²) in [6.45, 7) is 10.0. The SMILES string of the molecule is C=CC(=O)Nc1cccc(Nc2nc(Nc3cccc(C4CCN(C(=O)OC(C)(C)C)CC4)c3)ncc2C(F)(F)F)c1. The van der Waals surface area contributed by atoms with E-state index in [1.807, 2.05) is 39.0 Å². The number of hydrogen-bond donors (Lipinski definition) is 3. The molecule has 12 heteroatoms. The fourth-order valence-electron chi connectivity index (χ4n) is 4.47. The number of anilines is 5. The summed E-state index contributed by atoms with van der Waals surface area (Å²) in [7, 11) is 0. The average Bonchev–Trinajstić information content (AvgIpc) is 2.92. The number of hydrogen-bond acceptors (Lipinski definition) is 7. The van der Waals surface area contributed by atoms with E-state index < -0.39 is 29.1 Å². The first-order chi connectivity index (χ1) is 19.8. The van der Waals surface area contributed by atoms with Gasteiger partial charge in [-0.1, -0.05) is 24.8 Å². The largest absolute Gasteiger partial charge is 0.444 e. The number of halogens is 3. The van der Waals surface area contributed by atoms with Gasteiger partial charge in [-0.15, -0.1) is 0 Å². The Morgan fingerprint density at radius 2 is 1.64 bits per heavy atom. The zero-order chi connectivity index (χ0) is 30.5. The molecule has 42 heavy (non-hydrogen) atoms. The van der Waals surface area contributed by atoms with Crippen molar-refractivity contribution in [3.8, 4) is 0 Å². The lowest BCUT2D eigenvalue weighted by molar-refractivity contribution is -0.137. The zero-order valence-corrected chi connectivity index (χ0v) is 23.6. The first kappa shape index (κ1) is 30.4. The highest BCUT2D eigenvalue weighted by atomic mass is 19.4. The summed E-state index contributed by atoms with van der Waals surface area (Å²) in [5.41, 5.74) is 0.705. The highest BCUT2D eigenvalue weighted by molar-refractivity contribution is 5.99. The molecule has 1 fully saturated rings. The van der Waals surface area contributed by atoms with Crippen LogP contribution in [0.1, 0.15) is 50.7 Å². The third-order valence-corrected chi connectivity index (χ3v) is 6.43. The van der Waals surface area contributed by atoms with Gasteiger partial charge in [-0.3, -0.25) is 4.79 Å². The number of nitrogens with one attached hydrogen (secondary N) is 3. The van der Waals surface area contributed by atoms with Gasteiger partial charge in [0.05, 0.1) is 0 Å². The van der Waals surface area contributed by atoms with Crippen LogP contribution in [-0.4, -0.2) is 45.6 Å². The van der Waals surface area contributed by atoms with Crippen LogP contribution in [0, 0.1) is 0 Å². The van der Waals surface area contributed by atoms with Gasteiger partial charge in [0.25, 0.3) is 0 Å². The van der Waals surface area contributed by atoms with Crippen LogP contribution in [0.3, 0.4) is 0 Å². The number of aromatic nitrogens is 2. The number of likely N-dealkylation sites (tertiary alicyclic amines) is 1. The lowest BCUT2D eigenvalue weighted by atomic mass is 9.89. The Bertz CT molecular complexity index is 1450. The van der Waals surface area contributed by atoms with E-state index in [2.05, 4.69) is 32.5 Å². The maximum atomic E-state index is 13.8. The van der Waals surface area contributed by atoms with E-state index in [4.69, 9.17) is 4.74 Å². The molecule has 0 atom stereocenters. The molecule has 1 aromatic heterocycles. The maximum Gasteiger partial charge on any atom is 0.421 e. The van der Waals surface area contributed by atoms with Crippen molar-refractivity contribution < 1.29 is 27.5 Å². The summed E-state index contributed by atoms with van der Waals surface area (Å²) in [5, 5.41) is 8.27. The molecule has 1 aliphatic rings. The molecule has 222 valence electrons. The second-order valence-corrected chi connectivity index (χ2v) is 10.8. The van der Waals surface area contributed by atoms with E-state index in [1.54, 1.807) is 29.2 Å². The van der Waals surface area contributed by atoms with Crippen molar-refractivity contribution in [2.75, 3.05) is 29.0 Å². The Labute approximate surface area is 242 Å². The van der Waals surface area contributed by atoms with Crippen molar-refractivity contribution in [2.45, 2.75) is 51.3 Å². The summed E-state index contributed by atoms with van der Waals surface area (Å²) in [6, 6.07) is 13.7. The van der Waals surface area contributed by atoms with Gasteiger partial charge >= 0.3 is 12.3 Å². The fraction of sp³-hybridized carbons (Fsp3) is 0.333. The van der Waals surface area contributed by atoms with Gasteiger partial charge in [-0.05, 0) is 81.5 Å². The van der Waals surface area contributed by atoms with Gasteiger partial charge in [0, 0.05) is 36.3 Å². The minimum atomic E-state index is -4.70. The summed E-state index contributed by atoms with van der Waals surface area (Å²) >= 11 is 0. The topological polar surface area (TPSA) is 108 Å². The Morgan fingerprint density at radius 1 is 1.00 bits per heavy atom. The predicted molar refractivity (Wildman–Crippen MR) is 155 cm³/mol.